The summed E-state index contributed by atoms with van der Waals surface area (Å²) >= 11 is 0. The van der Waals surface area contributed by atoms with Crippen LogP contribution in [-0.4, -0.2) is 16.1 Å². The van der Waals surface area contributed by atoms with Gasteiger partial charge >= 0.3 is 0 Å². The zero-order valence-electron chi connectivity index (χ0n) is 12.6. The Labute approximate surface area is 121 Å². The highest BCUT2D eigenvalue weighted by Crippen LogP contribution is 2.18. The Hall–Kier alpha value is -1.87. The molecule has 0 radical (unpaired) electrons. The van der Waals surface area contributed by atoms with Crippen LogP contribution in [0.4, 0.5) is 0 Å². The van der Waals surface area contributed by atoms with Crippen LogP contribution in [0.2, 0.25) is 0 Å². The molecule has 0 aliphatic heterocycles. The van der Waals surface area contributed by atoms with E-state index in [0.29, 0.717) is 0 Å². The first-order chi connectivity index (χ1) is 9.61. The molecule has 0 aliphatic carbocycles. The minimum absolute atomic E-state index is 0.767. The lowest BCUT2D eigenvalue weighted by molar-refractivity contribution is 0.651. The summed E-state index contributed by atoms with van der Waals surface area (Å²) in [6.45, 7) is 12.7. The summed E-state index contributed by atoms with van der Waals surface area (Å²) in [5, 5.41) is 3.30. The van der Waals surface area contributed by atoms with E-state index in [-0.39, 0.29) is 0 Å². The summed E-state index contributed by atoms with van der Waals surface area (Å²) in [6, 6.07) is 4.49. The number of aryl methyl sites for hydroxylation is 3. The van der Waals surface area contributed by atoms with Gasteiger partial charge in [0, 0.05) is 25.5 Å². The molecule has 0 fully saturated rings. The van der Waals surface area contributed by atoms with Gasteiger partial charge in [0.05, 0.1) is 6.54 Å². The van der Waals surface area contributed by atoms with Crippen LogP contribution in [0.3, 0.4) is 0 Å². The predicted octanol–water partition coefficient (Wildman–Crippen LogP) is 3.13. The molecule has 0 spiro atoms. The van der Waals surface area contributed by atoms with E-state index in [2.05, 4.69) is 54.4 Å². The van der Waals surface area contributed by atoms with Gasteiger partial charge in [-0.25, -0.2) is 4.98 Å². The average Bonchev–Trinajstić information content (AvgIpc) is 2.81. The SMILES string of the molecule is C=CCNCc1nccn1Cc1c(C)cc(C)cc1C. The van der Waals surface area contributed by atoms with Crippen LogP contribution in [0.1, 0.15) is 28.1 Å². The zero-order valence-corrected chi connectivity index (χ0v) is 12.6. The summed E-state index contributed by atoms with van der Waals surface area (Å²) in [6.07, 6.45) is 5.77. The summed E-state index contributed by atoms with van der Waals surface area (Å²) in [4.78, 5) is 4.43. The van der Waals surface area contributed by atoms with Crippen molar-refractivity contribution in [1.29, 1.82) is 0 Å². The molecule has 1 aromatic carbocycles. The van der Waals surface area contributed by atoms with Crippen LogP contribution in [0.15, 0.2) is 37.2 Å². The predicted molar refractivity (Wildman–Crippen MR) is 83.9 cm³/mol. The standard InChI is InChI=1S/C17H23N3/c1-5-6-18-11-17-19-7-8-20(17)12-16-14(3)9-13(2)10-15(16)4/h5,7-10,18H,1,6,11-12H2,2-4H3. The summed E-state index contributed by atoms with van der Waals surface area (Å²) < 4.78 is 2.21. The van der Waals surface area contributed by atoms with Crippen molar-refractivity contribution in [3.63, 3.8) is 0 Å². The molecule has 1 aromatic heterocycles. The normalized spacial score (nSPS) is 10.8. The van der Waals surface area contributed by atoms with E-state index >= 15 is 0 Å². The Bertz CT molecular complexity index is 573. The number of aromatic nitrogens is 2. The highest BCUT2D eigenvalue weighted by molar-refractivity contribution is 5.37. The molecular formula is C17H23N3. The molecule has 3 heteroatoms. The van der Waals surface area contributed by atoms with Gasteiger partial charge in [0.15, 0.2) is 0 Å². The first-order valence-corrected chi connectivity index (χ1v) is 7.00. The second kappa shape index (κ2) is 6.53. The second-order valence-corrected chi connectivity index (χ2v) is 5.27. The third-order valence-electron chi connectivity index (χ3n) is 3.54. The van der Waals surface area contributed by atoms with Gasteiger partial charge in [-0.15, -0.1) is 6.58 Å². The molecule has 0 atom stereocenters. The van der Waals surface area contributed by atoms with Crippen LogP contribution in [-0.2, 0) is 13.1 Å². The molecule has 1 N–H and O–H groups in total. The van der Waals surface area contributed by atoms with Gasteiger partial charge in [-0.05, 0) is 37.5 Å². The number of nitrogens with zero attached hydrogens (tertiary/aromatic N) is 2. The minimum atomic E-state index is 0.767. The second-order valence-electron chi connectivity index (χ2n) is 5.27. The number of nitrogens with one attached hydrogen (secondary N) is 1. The van der Waals surface area contributed by atoms with Crippen molar-refractivity contribution in [2.24, 2.45) is 0 Å². The number of imidazole rings is 1. The van der Waals surface area contributed by atoms with Gasteiger partial charge in [0.2, 0.25) is 0 Å². The quantitative estimate of drug-likeness (QED) is 0.645. The van der Waals surface area contributed by atoms with E-state index < -0.39 is 0 Å². The molecule has 106 valence electrons. The number of hydrogen-bond acceptors (Lipinski definition) is 2. The number of rotatable bonds is 6. The largest absolute Gasteiger partial charge is 0.329 e. The number of hydrogen-bond donors (Lipinski definition) is 1. The maximum atomic E-state index is 4.43. The van der Waals surface area contributed by atoms with Crippen LogP contribution < -0.4 is 5.32 Å². The van der Waals surface area contributed by atoms with Crippen molar-refractivity contribution < 1.29 is 0 Å². The van der Waals surface area contributed by atoms with Gasteiger partial charge in [0.25, 0.3) is 0 Å². The number of benzene rings is 1. The first kappa shape index (κ1) is 14.5. The van der Waals surface area contributed by atoms with E-state index in [9.17, 15) is 0 Å². The lowest BCUT2D eigenvalue weighted by Crippen LogP contribution is -2.17. The van der Waals surface area contributed by atoms with Crippen LogP contribution in [0.25, 0.3) is 0 Å². The van der Waals surface area contributed by atoms with Crippen LogP contribution >= 0.6 is 0 Å². The fourth-order valence-corrected chi connectivity index (χ4v) is 2.57. The van der Waals surface area contributed by atoms with Gasteiger partial charge in [-0.1, -0.05) is 23.8 Å². The Balaban J connectivity index is 2.18. The summed E-state index contributed by atoms with van der Waals surface area (Å²) in [7, 11) is 0. The first-order valence-electron chi connectivity index (χ1n) is 7.00. The smallest absolute Gasteiger partial charge is 0.122 e. The third kappa shape index (κ3) is 3.36. The van der Waals surface area contributed by atoms with Crippen molar-refractivity contribution in [3.8, 4) is 0 Å². The highest BCUT2D eigenvalue weighted by Gasteiger charge is 2.08. The monoisotopic (exact) mass is 269 g/mol. The van der Waals surface area contributed by atoms with E-state index in [1.807, 2.05) is 18.5 Å². The van der Waals surface area contributed by atoms with E-state index in [1.54, 1.807) is 0 Å². The lowest BCUT2D eigenvalue weighted by atomic mass is 10.00. The van der Waals surface area contributed by atoms with Crippen molar-refractivity contribution in [3.05, 3.63) is 65.3 Å². The van der Waals surface area contributed by atoms with Gasteiger partial charge in [0.1, 0.15) is 5.82 Å². The molecule has 1 heterocycles. The molecule has 2 rings (SSSR count). The Morgan fingerprint density at radius 3 is 2.60 bits per heavy atom. The van der Waals surface area contributed by atoms with Crippen molar-refractivity contribution in [1.82, 2.24) is 14.9 Å². The van der Waals surface area contributed by atoms with Gasteiger partial charge in [-0.2, -0.15) is 0 Å². The average molecular weight is 269 g/mol. The zero-order chi connectivity index (χ0) is 14.5. The van der Waals surface area contributed by atoms with E-state index in [4.69, 9.17) is 0 Å². The third-order valence-corrected chi connectivity index (χ3v) is 3.54. The Kier molecular flexibility index (Phi) is 4.74. The minimum Gasteiger partial charge on any atom is -0.329 e. The molecule has 0 amide bonds. The Morgan fingerprint density at radius 2 is 1.95 bits per heavy atom. The Morgan fingerprint density at radius 1 is 1.25 bits per heavy atom. The fraction of sp³-hybridized carbons (Fsp3) is 0.353. The van der Waals surface area contributed by atoms with Crippen molar-refractivity contribution in [2.45, 2.75) is 33.9 Å². The fourth-order valence-electron chi connectivity index (χ4n) is 2.57. The highest BCUT2D eigenvalue weighted by atomic mass is 15.1. The molecular weight excluding hydrogens is 246 g/mol. The molecule has 3 nitrogen and oxygen atoms in total. The molecule has 0 bridgehead atoms. The van der Waals surface area contributed by atoms with Crippen LogP contribution in [0.5, 0.6) is 0 Å². The lowest BCUT2D eigenvalue weighted by Gasteiger charge is -2.14. The van der Waals surface area contributed by atoms with Gasteiger partial charge in [-0.3, -0.25) is 0 Å². The maximum absolute atomic E-state index is 4.43. The van der Waals surface area contributed by atoms with E-state index in [0.717, 1.165) is 25.5 Å². The van der Waals surface area contributed by atoms with Crippen LogP contribution in [0, 0.1) is 20.8 Å². The summed E-state index contributed by atoms with van der Waals surface area (Å²) in [5.74, 6) is 1.06. The molecule has 0 saturated heterocycles. The molecule has 0 saturated carbocycles. The maximum Gasteiger partial charge on any atom is 0.122 e. The summed E-state index contributed by atoms with van der Waals surface area (Å²) in [5.41, 5.74) is 5.41. The van der Waals surface area contributed by atoms with Gasteiger partial charge < -0.3 is 9.88 Å². The van der Waals surface area contributed by atoms with E-state index in [1.165, 1.54) is 22.3 Å². The molecule has 20 heavy (non-hydrogen) atoms. The molecule has 2 aromatic rings. The molecule has 0 aliphatic rings. The van der Waals surface area contributed by atoms with Crippen molar-refractivity contribution in [2.75, 3.05) is 6.54 Å². The van der Waals surface area contributed by atoms with Crippen molar-refractivity contribution >= 4 is 0 Å². The molecule has 0 unspecified atom stereocenters. The topological polar surface area (TPSA) is 29.9 Å².